The van der Waals surface area contributed by atoms with Crippen molar-refractivity contribution in [2.45, 2.75) is 22.7 Å². The second kappa shape index (κ2) is 13.6. The van der Waals surface area contributed by atoms with E-state index in [0.29, 0.717) is 48.6 Å². The summed E-state index contributed by atoms with van der Waals surface area (Å²) in [6.45, 7) is 0.323. The first-order chi connectivity index (χ1) is 21.8. The Labute approximate surface area is 282 Å². The van der Waals surface area contributed by atoms with Crippen molar-refractivity contribution < 1.29 is 19.4 Å². The summed E-state index contributed by atoms with van der Waals surface area (Å²) in [4.78, 5) is 28.5. The highest BCUT2D eigenvalue weighted by molar-refractivity contribution is 8.00. The Bertz CT molecular complexity index is 1920. The van der Waals surface area contributed by atoms with Crippen molar-refractivity contribution in [2.75, 3.05) is 4.90 Å². The van der Waals surface area contributed by atoms with Crippen LogP contribution in [0.1, 0.15) is 28.3 Å². The van der Waals surface area contributed by atoms with Gasteiger partial charge in [-0.25, -0.2) is 0 Å². The molecule has 2 heterocycles. The largest absolute Gasteiger partial charge is 0.507 e. The Balaban J connectivity index is 1.36. The molecule has 0 radical (unpaired) electrons. The van der Waals surface area contributed by atoms with Crippen LogP contribution in [-0.2, 0) is 21.9 Å². The van der Waals surface area contributed by atoms with Crippen LogP contribution in [0.5, 0.6) is 5.75 Å². The number of nitrogens with zero attached hydrogens (tertiary/aromatic N) is 3. The molecule has 0 spiro atoms. The molecule has 1 fully saturated rings. The van der Waals surface area contributed by atoms with E-state index >= 15 is 0 Å². The Morgan fingerprint density at radius 1 is 0.889 bits per heavy atom. The molecule has 1 atom stereocenters. The summed E-state index contributed by atoms with van der Waals surface area (Å²) in [7, 11) is 0. The van der Waals surface area contributed by atoms with Gasteiger partial charge >= 0.3 is 5.91 Å². The first-order valence-corrected chi connectivity index (χ1v) is 16.5. The van der Waals surface area contributed by atoms with Gasteiger partial charge < -0.3 is 9.84 Å². The molecule has 0 bridgehead atoms. The highest BCUT2D eigenvalue weighted by Gasteiger charge is 2.48. The number of rotatable bonds is 9. The third kappa shape index (κ3) is 6.88. The summed E-state index contributed by atoms with van der Waals surface area (Å²) in [6, 6.07) is 27.4. The molecule has 226 valence electrons. The second-order valence-electron chi connectivity index (χ2n) is 9.90. The van der Waals surface area contributed by atoms with Crippen molar-refractivity contribution in [1.29, 1.82) is 0 Å². The predicted octanol–water partition coefficient (Wildman–Crippen LogP) is 9.00. The van der Waals surface area contributed by atoms with Crippen LogP contribution in [0, 0.1) is 0 Å². The van der Waals surface area contributed by atoms with Crippen LogP contribution in [0.15, 0.2) is 107 Å². The van der Waals surface area contributed by atoms with Crippen LogP contribution in [0.2, 0.25) is 15.1 Å². The fourth-order valence-electron chi connectivity index (χ4n) is 4.76. The standard InChI is InChI=1S/C33H22Cl3N3O4S2/c34-23-12-9-20(10-13-23)29(40)27-28(21-7-4-8-25(15-21)43-17-19-5-2-1-3-6-19)39(31(42)30(27)41)32-37-38-33(45-32)44-18-22-11-14-24(35)16-26(22)36/h1-16,28,40H,17-18H2. The number of aromatic nitrogens is 2. The number of hydrogen-bond acceptors (Lipinski definition) is 8. The highest BCUT2D eigenvalue weighted by atomic mass is 35.5. The molecule has 1 amide bonds. The van der Waals surface area contributed by atoms with Crippen LogP contribution >= 0.6 is 57.9 Å². The SMILES string of the molecule is O=C1C(=O)N(c2nnc(SCc3ccc(Cl)cc3Cl)s2)C(c2cccc(OCc3ccccc3)c2)C1=C(O)c1ccc(Cl)cc1. The Kier molecular flexibility index (Phi) is 9.44. The molecule has 1 saturated heterocycles. The number of thioether (sulfide) groups is 1. The van der Waals surface area contributed by atoms with E-state index in [2.05, 4.69) is 10.2 Å². The van der Waals surface area contributed by atoms with Gasteiger partial charge in [-0.05, 0) is 65.2 Å². The summed E-state index contributed by atoms with van der Waals surface area (Å²) in [6.07, 6.45) is 0. The zero-order valence-corrected chi connectivity index (χ0v) is 27.1. The topological polar surface area (TPSA) is 92.6 Å². The molecule has 1 unspecified atom stereocenters. The van der Waals surface area contributed by atoms with Gasteiger partial charge in [0, 0.05) is 26.4 Å². The molecule has 4 aromatic carbocycles. The summed E-state index contributed by atoms with van der Waals surface area (Å²) >= 11 is 21.0. The minimum atomic E-state index is -1.00. The number of hydrogen-bond donors (Lipinski definition) is 1. The number of ketones is 1. The molecule has 1 aliphatic heterocycles. The van der Waals surface area contributed by atoms with Crippen LogP contribution < -0.4 is 9.64 Å². The normalized spacial score (nSPS) is 15.9. The molecule has 12 heteroatoms. The third-order valence-corrected chi connectivity index (χ3v) is 9.90. The van der Waals surface area contributed by atoms with Crippen LogP contribution in [-0.4, -0.2) is 27.0 Å². The molecule has 0 aliphatic carbocycles. The molecule has 6 rings (SSSR count). The maximum Gasteiger partial charge on any atom is 0.301 e. The number of ether oxygens (including phenoxy) is 1. The number of halogens is 3. The summed E-state index contributed by atoms with van der Waals surface area (Å²) in [5, 5.41) is 21.7. The monoisotopic (exact) mass is 693 g/mol. The average Bonchev–Trinajstić information content (AvgIpc) is 3.62. The fraction of sp³-hybridized carbons (Fsp3) is 0.0909. The molecule has 1 N–H and O–H groups in total. The Morgan fingerprint density at radius 2 is 1.64 bits per heavy atom. The Hall–Kier alpha value is -3.86. The van der Waals surface area contributed by atoms with Crippen molar-refractivity contribution in [3.63, 3.8) is 0 Å². The van der Waals surface area contributed by atoms with Gasteiger partial charge in [0.2, 0.25) is 5.13 Å². The van der Waals surface area contributed by atoms with Crippen LogP contribution in [0.3, 0.4) is 0 Å². The van der Waals surface area contributed by atoms with Crippen molar-refractivity contribution in [3.05, 3.63) is 140 Å². The molecule has 5 aromatic rings. The Morgan fingerprint density at radius 3 is 2.40 bits per heavy atom. The maximum absolute atomic E-state index is 13.6. The maximum atomic E-state index is 13.6. The van der Waals surface area contributed by atoms with Crippen molar-refractivity contribution in [3.8, 4) is 5.75 Å². The quantitative estimate of drug-likeness (QED) is 0.0541. The number of carbonyl (C=O) groups excluding carboxylic acids is 2. The van der Waals surface area contributed by atoms with Crippen molar-refractivity contribution in [2.24, 2.45) is 0 Å². The number of benzene rings is 4. The molecule has 0 saturated carbocycles. The first kappa shape index (κ1) is 31.1. The molecule has 1 aliphatic rings. The zero-order valence-electron chi connectivity index (χ0n) is 23.2. The molecular weight excluding hydrogens is 673 g/mol. The van der Waals surface area contributed by atoms with Crippen molar-refractivity contribution >= 4 is 80.5 Å². The predicted molar refractivity (Wildman–Crippen MR) is 179 cm³/mol. The number of carbonyl (C=O) groups is 2. The number of aliphatic hydroxyl groups is 1. The smallest absolute Gasteiger partial charge is 0.301 e. The summed E-state index contributed by atoms with van der Waals surface area (Å²) in [5.74, 6) is -0.990. The molecule has 7 nitrogen and oxygen atoms in total. The minimum Gasteiger partial charge on any atom is -0.507 e. The van der Waals surface area contributed by atoms with E-state index in [1.54, 1.807) is 60.7 Å². The van der Waals surface area contributed by atoms with E-state index < -0.39 is 17.7 Å². The van der Waals surface area contributed by atoms with Gasteiger partial charge in [0.25, 0.3) is 5.78 Å². The number of anilines is 1. The van der Waals surface area contributed by atoms with E-state index in [4.69, 9.17) is 39.5 Å². The van der Waals surface area contributed by atoms with Gasteiger partial charge in [0.05, 0.1) is 11.6 Å². The zero-order chi connectivity index (χ0) is 31.5. The third-order valence-electron chi connectivity index (χ3n) is 6.95. The molecular formula is C33H22Cl3N3O4S2. The molecule has 1 aromatic heterocycles. The number of Topliss-reactive ketones (excluding diaryl/α,β-unsaturated/α-hetero) is 1. The van der Waals surface area contributed by atoms with Gasteiger partial charge in [-0.15, -0.1) is 10.2 Å². The lowest BCUT2D eigenvalue weighted by Gasteiger charge is -2.23. The van der Waals surface area contributed by atoms with E-state index in [1.165, 1.54) is 16.7 Å². The number of amides is 1. The van der Waals surface area contributed by atoms with E-state index in [0.717, 1.165) is 22.5 Å². The summed E-state index contributed by atoms with van der Waals surface area (Å²) < 4.78 is 6.61. The van der Waals surface area contributed by atoms with Gasteiger partial charge in [0.15, 0.2) is 4.34 Å². The fourth-order valence-corrected chi connectivity index (χ4v) is 7.31. The van der Waals surface area contributed by atoms with E-state index in [-0.39, 0.29) is 16.5 Å². The van der Waals surface area contributed by atoms with Gasteiger partial charge in [-0.2, -0.15) is 0 Å². The van der Waals surface area contributed by atoms with Crippen LogP contribution in [0.4, 0.5) is 5.13 Å². The highest BCUT2D eigenvalue weighted by Crippen LogP contribution is 2.45. The van der Waals surface area contributed by atoms with Gasteiger partial charge in [0.1, 0.15) is 18.1 Å². The van der Waals surface area contributed by atoms with E-state index in [1.807, 2.05) is 36.4 Å². The van der Waals surface area contributed by atoms with Crippen LogP contribution in [0.25, 0.3) is 5.76 Å². The first-order valence-electron chi connectivity index (χ1n) is 13.5. The minimum absolute atomic E-state index is 0.0834. The molecule has 45 heavy (non-hydrogen) atoms. The lowest BCUT2D eigenvalue weighted by molar-refractivity contribution is -0.132. The van der Waals surface area contributed by atoms with Gasteiger partial charge in [-0.1, -0.05) is 106 Å². The average molecular weight is 695 g/mol. The van der Waals surface area contributed by atoms with Gasteiger partial charge in [-0.3, -0.25) is 14.5 Å². The lowest BCUT2D eigenvalue weighted by atomic mass is 9.95. The second-order valence-corrected chi connectivity index (χ2v) is 13.4. The summed E-state index contributed by atoms with van der Waals surface area (Å²) in [5.41, 5.74) is 2.65. The lowest BCUT2D eigenvalue weighted by Crippen LogP contribution is -2.29. The number of aliphatic hydroxyl groups excluding tert-OH is 1. The van der Waals surface area contributed by atoms with Crippen molar-refractivity contribution in [1.82, 2.24) is 10.2 Å². The van der Waals surface area contributed by atoms with E-state index in [9.17, 15) is 14.7 Å².